The molecule has 2 rings (SSSR count). The second-order valence-corrected chi connectivity index (χ2v) is 3.96. The number of hydrogen-bond donors (Lipinski definition) is 2. The van der Waals surface area contributed by atoms with Gasteiger partial charge >= 0.3 is 0 Å². The van der Waals surface area contributed by atoms with E-state index in [4.69, 9.17) is 30.3 Å². The molecule has 18 heavy (non-hydrogen) atoms. The lowest BCUT2D eigenvalue weighted by atomic mass is 10.0. The molecular weight excluding hydrogens is 232 g/mol. The van der Waals surface area contributed by atoms with Crippen molar-refractivity contribution < 1.29 is 19.4 Å². The molecule has 0 fully saturated rings. The Labute approximate surface area is 107 Å². The van der Waals surface area contributed by atoms with Crippen molar-refractivity contribution in [2.75, 3.05) is 0 Å². The molecule has 0 bridgehead atoms. The number of aliphatic hydroxyl groups excluding tert-OH is 1. The van der Waals surface area contributed by atoms with Crippen LogP contribution in [0.3, 0.4) is 0 Å². The number of hydrogen-bond acceptors (Lipinski definition) is 5. The molecule has 4 radical (unpaired) electrons. The number of benzene rings is 1. The summed E-state index contributed by atoms with van der Waals surface area (Å²) in [6, 6.07) is 4.15. The van der Waals surface area contributed by atoms with Gasteiger partial charge in [0.1, 0.15) is 7.85 Å². The van der Waals surface area contributed by atoms with Crippen molar-refractivity contribution in [2.45, 2.75) is 25.3 Å². The van der Waals surface area contributed by atoms with E-state index < -0.39 is 18.4 Å². The lowest BCUT2D eigenvalue weighted by Gasteiger charge is -2.15. The Morgan fingerprint density at radius 3 is 2.78 bits per heavy atom. The minimum Gasteiger partial charge on any atom is -0.461 e. The van der Waals surface area contributed by atoms with Gasteiger partial charge in [-0.3, -0.25) is 10.1 Å². The number of ketones is 1. The zero-order chi connectivity index (χ0) is 13.3. The fourth-order valence-electron chi connectivity index (χ4n) is 1.71. The molecule has 0 amide bonds. The molecular formula is C11H11B2NO4. The number of carbonyl (C=O) groups excluding carboxylic acids is 1. The molecule has 1 aromatic carbocycles. The number of Topliss-reactive ketones (excluding diaryl/α,β-unsaturated/α-hetero) is 1. The van der Waals surface area contributed by atoms with Crippen LogP contribution in [0.1, 0.15) is 17.3 Å². The van der Waals surface area contributed by atoms with Crippen LogP contribution >= 0.6 is 0 Å². The van der Waals surface area contributed by atoms with Crippen LogP contribution in [0.2, 0.25) is 0 Å². The van der Waals surface area contributed by atoms with Crippen molar-refractivity contribution in [3.05, 3.63) is 23.8 Å². The average Bonchev–Trinajstić information content (AvgIpc) is 2.65. The Morgan fingerprint density at radius 2 is 2.11 bits per heavy atom. The highest BCUT2D eigenvalue weighted by Crippen LogP contribution is 2.34. The number of ether oxygens (including phenoxy) is 2. The maximum atomic E-state index is 12.0. The summed E-state index contributed by atoms with van der Waals surface area (Å²) in [5.41, 5.74) is 0.423. The maximum absolute atomic E-state index is 12.0. The van der Waals surface area contributed by atoms with E-state index >= 15 is 0 Å². The van der Waals surface area contributed by atoms with Crippen LogP contribution in [-0.2, 0) is 0 Å². The van der Waals surface area contributed by atoms with Gasteiger partial charge in [0.2, 0.25) is 0 Å². The van der Waals surface area contributed by atoms with Crippen molar-refractivity contribution in [3.63, 3.8) is 0 Å². The Kier molecular flexibility index (Phi) is 3.63. The van der Waals surface area contributed by atoms with Gasteiger partial charge in [0.05, 0.1) is 12.2 Å². The van der Waals surface area contributed by atoms with Crippen LogP contribution in [0.5, 0.6) is 11.5 Å². The van der Waals surface area contributed by atoms with Gasteiger partial charge in [-0.25, -0.2) is 0 Å². The van der Waals surface area contributed by atoms with Gasteiger partial charge in [0.15, 0.2) is 31.3 Å². The quantitative estimate of drug-likeness (QED) is 0.424. The topological polar surface area (TPSA) is 67.8 Å². The Hall–Kier alpha value is -1.46. The number of aliphatic hydroxyl groups is 1. The summed E-state index contributed by atoms with van der Waals surface area (Å²) >= 11 is 0. The molecule has 0 aliphatic carbocycles. The van der Waals surface area contributed by atoms with Gasteiger partial charge in [0, 0.05) is 5.56 Å². The van der Waals surface area contributed by atoms with E-state index in [1.165, 1.54) is 0 Å². The lowest BCUT2D eigenvalue weighted by Crippen LogP contribution is -2.41. The van der Waals surface area contributed by atoms with Crippen molar-refractivity contribution in [3.8, 4) is 11.5 Å². The summed E-state index contributed by atoms with van der Waals surface area (Å²) in [4.78, 5) is 12.0. The van der Waals surface area contributed by atoms with Gasteiger partial charge in [-0.2, -0.15) is 0 Å². The molecule has 2 N–H and O–H groups in total. The van der Waals surface area contributed by atoms with Gasteiger partial charge in [0.25, 0.3) is 0 Å². The summed E-state index contributed by atoms with van der Waals surface area (Å²) in [6.07, 6.45) is -2.09. The molecule has 7 heteroatoms. The highest BCUT2D eigenvalue weighted by atomic mass is 16.7. The van der Waals surface area contributed by atoms with E-state index in [9.17, 15) is 4.79 Å². The first-order valence-electron chi connectivity index (χ1n) is 5.44. The fraction of sp³-hybridized carbons (Fsp3) is 0.364. The maximum Gasteiger partial charge on any atom is 0.189 e. The van der Waals surface area contributed by atoms with E-state index in [0.717, 1.165) is 0 Å². The SMILES string of the molecule is [B]C(O)N[C@@H](C)C(=O)c1ccc2c(c1)OC([B])O2. The van der Waals surface area contributed by atoms with Crippen LogP contribution in [0.15, 0.2) is 18.2 Å². The minimum absolute atomic E-state index is 0.216. The highest BCUT2D eigenvalue weighted by Gasteiger charge is 2.23. The van der Waals surface area contributed by atoms with E-state index in [0.29, 0.717) is 17.1 Å². The molecule has 1 aliphatic rings. The Balaban J connectivity index is 2.15. The average molecular weight is 243 g/mol. The standard InChI is InChI=1S/C11H11B2NO4/c1-5(14-10(12)16)9(15)6-2-3-7-8(4-6)18-11(13)17-7/h2-5,10-11,14,16H,1H3/t5-,10?,11?/m0/s1. The van der Waals surface area contributed by atoms with Crippen LogP contribution in [0, 0.1) is 0 Å². The van der Waals surface area contributed by atoms with Crippen LogP contribution in [0.25, 0.3) is 0 Å². The molecule has 0 saturated carbocycles. The highest BCUT2D eigenvalue weighted by molar-refractivity contribution is 6.11. The number of nitrogens with one attached hydrogen (secondary N) is 1. The molecule has 0 saturated heterocycles. The van der Waals surface area contributed by atoms with Gasteiger partial charge in [-0.15, -0.1) is 0 Å². The molecule has 1 heterocycles. The van der Waals surface area contributed by atoms with Crippen molar-refractivity contribution in [2.24, 2.45) is 0 Å². The predicted octanol–water partition coefficient (Wildman–Crippen LogP) is -0.485. The monoisotopic (exact) mass is 243 g/mol. The molecule has 1 aromatic rings. The third kappa shape index (κ3) is 2.68. The van der Waals surface area contributed by atoms with Crippen molar-refractivity contribution in [1.29, 1.82) is 0 Å². The van der Waals surface area contributed by atoms with Gasteiger partial charge in [-0.1, -0.05) is 0 Å². The number of rotatable bonds is 4. The summed E-state index contributed by atoms with van der Waals surface area (Å²) in [6.45, 7) is 1.61. The fourth-order valence-corrected chi connectivity index (χ4v) is 1.71. The van der Waals surface area contributed by atoms with E-state index in [2.05, 4.69) is 5.32 Å². The van der Waals surface area contributed by atoms with Crippen molar-refractivity contribution in [1.82, 2.24) is 5.32 Å². The lowest BCUT2D eigenvalue weighted by molar-refractivity contribution is 0.0915. The largest absolute Gasteiger partial charge is 0.461 e. The molecule has 0 aromatic heterocycles. The first kappa shape index (κ1) is 13.0. The zero-order valence-electron chi connectivity index (χ0n) is 9.79. The first-order chi connectivity index (χ1) is 8.47. The zero-order valence-corrected chi connectivity index (χ0v) is 9.79. The summed E-state index contributed by atoms with van der Waals surface area (Å²) in [7, 11) is 10.6. The molecule has 0 spiro atoms. The third-order valence-corrected chi connectivity index (χ3v) is 2.53. The second-order valence-electron chi connectivity index (χ2n) is 3.96. The molecule has 1 aliphatic heterocycles. The van der Waals surface area contributed by atoms with Crippen LogP contribution in [0.4, 0.5) is 0 Å². The molecule has 5 nitrogen and oxygen atoms in total. The first-order valence-corrected chi connectivity index (χ1v) is 5.44. The Bertz CT molecular complexity index is 466. The summed E-state index contributed by atoms with van der Waals surface area (Å²) < 4.78 is 10.3. The molecule has 2 unspecified atom stereocenters. The van der Waals surface area contributed by atoms with Crippen molar-refractivity contribution >= 4 is 21.5 Å². The number of carbonyl (C=O) groups is 1. The normalized spacial score (nSPS) is 20.4. The molecule has 90 valence electrons. The summed E-state index contributed by atoms with van der Waals surface area (Å²) in [5, 5.41) is 11.5. The smallest absolute Gasteiger partial charge is 0.189 e. The molecule has 3 atom stereocenters. The van der Waals surface area contributed by atoms with Crippen LogP contribution < -0.4 is 14.8 Å². The van der Waals surface area contributed by atoms with Gasteiger partial charge < -0.3 is 14.6 Å². The third-order valence-electron chi connectivity index (χ3n) is 2.53. The summed E-state index contributed by atoms with van der Waals surface area (Å²) in [5.74, 6) is 0.707. The minimum atomic E-state index is -1.24. The van der Waals surface area contributed by atoms with Crippen LogP contribution in [-0.4, -0.2) is 44.9 Å². The predicted molar refractivity (Wildman–Crippen MR) is 65.9 cm³/mol. The Morgan fingerprint density at radius 1 is 1.44 bits per heavy atom. The second kappa shape index (κ2) is 5.04. The van der Waals surface area contributed by atoms with Gasteiger partial charge in [-0.05, 0) is 25.1 Å². The van der Waals surface area contributed by atoms with E-state index in [1.807, 2.05) is 0 Å². The van der Waals surface area contributed by atoms with E-state index in [-0.39, 0.29) is 5.78 Å². The number of fused-ring (bicyclic) bond motifs is 1. The van der Waals surface area contributed by atoms with E-state index in [1.54, 1.807) is 25.1 Å².